The van der Waals surface area contributed by atoms with Gasteiger partial charge in [0, 0.05) is 19.0 Å². The first-order valence-electron chi connectivity index (χ1n) is 10.7. The van der Waals surface area contributed by atoms with Crippen LogP contribution in [0.2, 0.25) is 0 Å². The van der Waals surface area contributed by atoms with Crippen LogP contribution in [0.1, 0.15) is 69.9 Å². The quantitative estimate of drug-likeness (QED) is 0.686. The van der Waals surface area contributed by atoms with Crippen molar-refractivity contribution in [1.82, 2.24) is 10.6 Å². The molecule has 5 heteroatoms. The molecular formula is C23H34N2O3. The molecule has 0 spiro atoms. The van der Waals surface area contributed by atoms with E-state index in [1.807, 2.05) is 0 Å². The molecule has 1 heterocycles. The molecule has 0 bridgehead atoms. The summed E-state index contributed by atoms with van der Waals surface area (Å²) in [6, 6.07) is 3.78. The Hall–Kier alpha value is -2.04. The molecule has 0 aliphatic heterocycles. The Labute approximate surface area is 168 Å². The van der Waals surface area contributed by atoms with E-state index >= 15 is 0 Å². The normalized spacial score (nSPS) is 25.6. The Balaban J connectivity index is 1.58. The lowest BCUT2D eigenvalue weighted by atomic mass is 9.69. The van der Waals surface area contributed by atoms with E-state index in [4.69, 9.17) is 4.42 Å². The van der Waals surface area contributed by atoms with E-state index in [9.17, 15) is 9.59 Å². The van der Waals surface area contributed by atoms with E-state index in [-0.39, 0.29) is 17.7 Å². The second-order valence-electron chi connectivity index (χ2n) is 8.86. The van der Waals surface area contributed by atoms with Gasteiger partial charge in [0.15, 0.2) is 5.76 Å². The van der Waals surface area contributed by atoms with Crippen LogP contribution in [-0.4, -0.2) is 24.4 Å². The maximum Gasteiger partial charge on any atom is 0.286 e. The van der Waals surface area contributed by atoms with Gasteiger partial charge < -0.3 is 15.1 Å². The molecule has 2 amide bonds. The Morgan fingerprint density at radius 2 is 2.00 bits per heavy atom. The molecule has 1 aromatic rings. The first-order valence-corrected chi connectivity index (χ1v) is 10.7. The fourth-order valence-electron chi connectivity index (χ4n) is 4.79. The summed E-state index contributed by atoms with van der Waals surface area (Å²) in [5, 5.41) is 6.23. The number of amides is 2. The van der Waals surface area contributed by atoms with Gasteiger partial charge in [0.25, 0.3) is 5.91 Å². The second kappa shape index (κ2) is 9.44. The zero-order chi connectivity index (χ0) is 20.1. The fourth-order valence-corrected chi connectivity index (χ4v) is 4.79. The maximum absolute atomic E-state index is 12.5. The number of nitrogens with one attached hydrogen (secondary N) is 2. The van der Waals surface area contributed by atoms with E-state index in [2.05, 4.69) is 37.5 Å². The Bertz CT molecular complexity index is 687. The molecule has 3 atom stereocenters. The van der Waals surface area contributed by atoms with E-state index in [0.29, 0.717) is 42.5 Å². The predicted octanol–water partition coefficient (Wildman–Crippen LogP) is 4.31. The van der Waals surface area contributed by atoms with Crippen LogP contribution in [0.4, 0.5) is 0 Å². The molecule has 2 aliphatic rings. The highest BCUT2D eigenvalue weighted by molar-refractivity contribution is 5.91. The van der Waals surface area contributed by atoms with Crippen molar-refractivity contribution < 1.29 is 14.0 Å². The molecule has 3 rings (SSSR count). The molecule has 1 saturated carbocycles. The van der Waals surface area contributed by atoms with Crippen LogP contribution in [0.25, 0.3) is 0 Å². The third-order valence-corrected chi connectivity index (χ3v) is 6.48. The van der Waals surface area contributed by atoms with E-state index < -0.39 is 0 Å². The van der Waals surface area contributed by atoms with Gasteiger partial charge in [0.2, 0.25) is 5.91 Å². The number of hydrogen-bond donors (Lipinski definition) is 2. The summed E-state index contributed by atoms with van der Waals surface area (Å²) in [5.41, 5.74) is 1.27. The van der Waals surface area contributed by atoms with Crippen molar-refractivity contribution in [2.45, 2.75) is 65.3 Å². The second-order valence-corrected chi connectivity index (χ2v) is 8.86. The van der Waals surface area contributed by atoms with Crippen molar-refractivity contribution >= 4 is 11.8 Å². The lowest BCUT2D eigenvalue weighted by Crippen LogP contribution is -2.38. The number of hydrogen-bond acceptors (Lipinski definition) is 3. The maximum atomic E-state index is 12.5. The van der Waals surface area contributed by atoms with Gasteiger partial charge in [0.05, 0.1) is 6.26 Å². The standard InChI is InChI=1S/C23H34N2O3/c1-15(2)20-12-17(13-22(26)25-19-7-4-5-8-19)16(3)11-18(20)14-24-23(27)21-9-6-10-28-21/h6,9-11,15,17-20H,4-5,7-8,12-14H2,1-3H3,(H,24,27)(H,25,26)/t17-,18-,20-/m0/s1. The number of carbonyl (C=O) groups excluding carboxylic acids is 2. The summed E-state index contributed by atoms with van der Waals surface area (Å²) in [6.45, 7) is 7.19. The van der Waals surface area contributed by atoms with Crippen LogP contribution in [0.15, 0.2) is 34.5 Å². The lowest BCUT2D eigenvalue weighted by molar-refractivity contribution is -0.122. The summed E-state index contributed by atoms with van der Waals surface area (Å²) in [5.74, 6) is 1.89. The van der Waals surface area contributed by atoms with Crippen molar-refractivity contribution in [2.75, 3.05) is 6.54 Å². The Kier molecular flexibility index (Phi) is 6.97. The van der Waals surface area contributed by atoms with Gasteiger partial charge in [-0.05, 0) is 62.0 Å². The van der Waals surface area contributed by atoms with Crippen molar-refractivity contribution in [2.24, 2.45) is 23.7 Å². The minimum atomic E-state index is -0.170. The van der Waals surface area contributed by atoms with Gasteiger partial charge in [-0.25, -0.2) is 0 Å². The van der Waals surface area contributed by atoms with Crippen LogP contribution < -0.4 is 10.6 Å². The minimum absolute atomic E-state index is 0.170. The zero-order valence-electron chi connectivity index (χ0n) is 17.4. The third kappa shape index (κ3) is 5.27. The van der Waals surface area contributed by atoms with E-state index in [1.165, 1.54) is 24.7 Å². The summed E-state index contributed by atoms with van der Waals surface area (Å²) < 4.78 is 5.17. The fraction of sp³-hybridized carbons (Fsp3) is 0.652. The number of rotatable bonds is 7. The highest BCUT2D eigenvalue weighted by Crippen LogP contribution is 2.38. The van der Waals surface area contributed by atoms with Gasteiger partial charge in [0.1, 0.15) is 0 Å². The number of allylic oxidation sites excluding steroid dienone is 1. The number of carbonyl (C=O) groups is 2. The van der Waals surface area contributed by atoms with Crippen LogP contribution >= 0.6 is 0 Å². The zero-order valence-corrected chi connectivity index (χ0v) is 17.4. The number of furan rings is 1. The van der Waals surface area contributed by atoms with Gasteiger partial charge >= 0.3 is 0 Å². The van der Waals surface area contributed by atoms with Gasteiger partial charge in [-0.15, -0.1) is 0 Å². The average molecular weight is 387 g/mol. The van der Waals surface area contributed by atoms with Crippen LogP contribution in [-0.2, 0) is 4.79 Å². The van der Waals surface area contributed by atoms with Crippen molar-refractivity contribution in [3.63, 3.8) is 0 Å². The Morgan fingerprint density at radius 3 is 2.64 bits per heavy atom. The summed E-state index contributed by atoms with van der Waals surface area (Å²) in [4.78, 5) is 24.7. The minimum Gasteiger partial charge on any atom is -0.459 e. The topological polar surface area (TPSA) is 71.3 Å². The molecule has 2 aliphatic carbocycles. The SMILES string of the molecule is CC1=C[C@@H](CNC(=O)c2ccco2)[C@H](C(C)C)C[C@H]1CC(=O)NC1CCCC1. The Morgan fingerprint density at radius 1 is 1.25 bits per heavy atom. The predicted molar refractivity (Wildman–Crippen MR) is 110 cm³/mol. The monoisotopic (exact) mass is 386 g/mol. The molecule has 2 N–H and O–H groups in total. The smallest absolute Gasteiger partial charge is 0.286 e. The molecule has 0 unspecified atom stereocenters. The van der Waals surface area contributed by atoms with Crippen LogP contribution in [0, 0.1) is 23.7 Å². The van der Waals surface area contributed by atoms with Crippen LogP contribution in [0.3, 0.4) is 0 Å². The molecule has 1 fully saturated rings. The molecule has 28 heavy (non-hydrogen) atoms. The van der Waals surface area contributed by atoms with Crippen LogP contribution in [0.5, 0.6) is 0 Å². The van der Waals surface area contributed by atoms with Crippen molar-refractivity contribution in [3.8, 4) is 0 Å². The highest BCUT2D eigenvalue weighted by atomic mass is 16.3. The third-order valence-electron chi connectivity index (χ3n) is 6.48. The van der Waals surface area contributed by atoms with Gasteiger partial charge in [-0.3, -0.25) is 9.59 Å². The first kappa shape index (κ1) is 20.7. The van der Waals surface area contributed by atoms with Gasteiger partial charge in [-0.1, -0.05) is 38.3 Å². The molecule has 5 nitrogen and oxygen atoms in total. The highest BCUT2D eigenvalue weighted by Gasteiger charge is 2.33. The summed E-state index contributed by atoms with van der Waals surface area (Å²) >= 11 is 0. The van der Waals surface area contributed by atoms with E-state index in [0.717, 1.165) is 19.3 Å². The van der Waals surface area contributed by atoms with Crippen molar-refractivity contribution in [1.29, 1.82) is 0 Å². The largest absolute Gasteiger partial charge is 0.459 e. The lowest BCUT2D eigenvalue weighted by Gasteiger charge is -2.37. The first-order chi connectivity index (χ1) is 13.4. The molecule has 0 aromatic carbocycles. The summed E-state index contributed by atoms with van der Waals surface area (Å²) in [6.07, 6.45) is 10.1. The molecule has 154 valence electrons. The summed E-state index contributed by atoms with van der Waals surface area (Å²) in [7, 11) is 0. The van der Waals surface area contributed by atoms with E-state index in [1.54, 1.807) is 12.1 Å². The average Bonchev–Trinajstić information content (AvgIpc) is 3.35. The molecular weight excluding hydrogens is 352 g/mol. The van der Waals surface area contributed by atoms with Crippen molar-refractivity contribution in [3.05, 3.63) is 35.8 Å². The molecule has 0 saturated heterocycles. The molecule has 1 aromatic heterocycles. The van der Waals surface area contributed by atoms with Gasteiger partial charge in [-0.2, -0.15) is 0 Å². The molecule has 0 radical (unpaired) electrons.